The summed E-state index contributed by atoms with van der Waals surface area (Å²) in [4.78, 5) is 0. The fourth-order valence-corrected chi connectivity index (χ4v) is 2.90. The van der Waals surface area contributed by atoms with Crippen molar-refractivity contribution in [2.24, 2.45) is 0 Å². The van der Waals surface area contributed by atoms with Gasteiger partial charge in [-0.15, -0.1) is 0 Å². The molecule has 0 aliphatic carbocycles. The molecule has 128 valence electrons. The molecule has 0 heterocycles. The number of halogens is 2. The maximum atomic E-state index is 6.21. The van der Waals surface area contributed by atoms with Crippen LogP contribution in [0.2, 0.25) is 10.0 Å². The number of rotatable bonds is 6. The normalized spacial score (nSPS) is 10.5. The van der Waals surface area contributed by atoms with Crippen LogP contribution in [-0.2, 0) is 13.2 Å². The third-order valence-corrected chi connectivity index (χ3v) is 4.52. The standard InChI is InChI=1S/C21H18Cl2O2/c1-15-7-6-9-17(14-24-20-12-5-4-11-19(20)23)21(15)25-13-16-8-2-3-10-18(16)22/h2-12H,13-14H2,1H3. The van der Waals surface area contributed by atoms with Gasteiger partial charge in [0.2, 0.25) is 0 Å². The van der Waals surface area contributed by atoms with Gasteiger partial charge in [-0.05, 0) is 30.7 Å². The molecular formula is C21H18Cl2O2. The Bertz CT molecular complexity index is 862. The highest BCUT2D eigenvalue weighted by Gasteiger charge is 2.10. The van der Waals surface area contributed by atoms with E-state index in [2.05, 4.69) is 0 Å². The predicted molar refractivity (Wildman–Crippen MR) is 103 cm³/mol. The van der Waals surface area contributed by atoms with Crippen molar-refractivity contribution in [2.75, 3.05) is 0 Å². The van der Waals surface area contributed by atoms with Crippen LogP contribution in [0.15, 0.2) is 66.7 Å². The number of para-hydroxylation sites is 2. The van der Waals surface area contributed by atoms with Crippen molar-refractivity contribution in [3.63, 3.8) is 0 Å². The highest BCUT2D eigenvalue weighted by molar-refractivity contribution is 6.32. The van der Waals surface area contributed by atoms with Crippen molar-refractivity contribution in [1.29, 1.82) is 0 Å². The minimum atomic E-state index is 0.378. The summed E-state index contributed by atoms with van der Waals surface area (Å²) in [6.07, 6.45) is 0. The van der Waals surface area contributed by atoms with Gasteiger partial charge in [-0.2, -0.15) is 0 Å². The van der Waals surface area contributed by atoms with Gasteiger partial charge in [-0.25, -0.2) is 0 Å². The van der Waals surface area contributed by atoms with Crippen molar-refractivity contribution in [3.8, 4) is 11.5 Å². The number of hydrogen-bond acceptors (Lipinski definition) is 2. The highest BCUT2D eigenvalue weighted by Crippen LogP contribution is 2.29. The van der Waals surface area contributed by atoms with Gasteiger partial charge in [0, 0.05) is 16.1 Å². The first kappa shape index (κ1) is 17.7. The first-order valence-corrected chi connectivity index (χ1v) is 8.73. The summed E-state index contributed by atoms with van der Waals surface area (Å²) in [5.41, 5.74) is 2.96. The molecule has 0 saturated carbocycles. The fourth-order valence-electron chi connectivity index (χ4n) is 2.52. The van der Waals surface area contributed by atoms with E-state index in [0.717, 1.165) is 22.4 Å². The largest absolute Gasteiger partial charge is 0.488 e. The third-order valence-electron chi connectivity index (χ3n) is 3.84. The van der Waals surface area contributed by atoms with Crippen LogP contribution in [0.3, 0.4) is 0 Å². The van der Waals surface area contributed by atoms with Crippen molar-refractivity contribution in [1.82, 2.24) is 0 Å². The minimum absolute atomic E-state index is 0.378. The zero-order valence-electron chi connectivity index (χ0n) is 13.8. The van der Waals surface area contributed by atoms with E-state index in [1.165, 1.54) is 0 Å². The van der Waals surface area contributed by atoms with E-state index in [1.54, 1.807) is 0 Å². The Hall–Kier alpha value is -2.16. The molecule has 0 saturated heterocycles. The molecule has 25 heavy (non-hydrogen) atoms. The van der Waals surface area contributed by atoms with Gasteiger partial charge in [0.15, 0.2) is 0 Å². The monoisotopic (exact) mass is 372 g/mol. The molecule has 0 fully saturated rings. The third kappa shape index (κ3) is 4.47. The second kappa shape index (κ2) is 8.28. The summed E-state index contributed by atoms with van der Waals surface area (Å²) in [6, 6.07) is 21.1. The molecular weight excluding hydrogens is 355 g/mol. The molecule has 0 N–H and O–H groups in total. The summed E-state index contributed by atoms with van der Waals surface area (Å²) in [5.74, 6) is 1.47. The molecule has 0 unspecified atom stereocenters. The lowest BCUT2D eigenvalue weighted by Crippen LogP contribution is -2.04. The Balaban J connectivity index is 1.75. The summed E-state index contributed by atoms with van der Waals surface area (Å²) >= 11 is 12.4. The first-order valence-electron chi connectivity index (χ1n) is 7.97. The minimum Gasteiger partial charge on any atom is -0.488 e. The lowest BCUT2D eigenvalue weighted by Gasteiger charge is -2.16. The number of ether oxygens (including phenoxy) is 2. The molecule has 0 aromatic heterocycles. The number of hydrogen-bond donors (Lipinski definition) is 0. The molecule has 0 spiro atoms. The number of aryl methyl sites for hydroxylation is 1. The van der Waals surface area contributed by atoms with Gasteiger partial charge >= 0.3 is 0 Å². The van der Waals surface area contributed by atoms with Gasteiger partial charge in [0.25, 0.3) is 0 Å². The van der Waals surface area contributed by atoms with E-state index in [-0.39, 0.29) is 0 Å². The Labute approximate surface area is 157 Å². The molecule has 3 aromatic rings. The topological polar surface area (TPSA) is 18.5 Å². The summed E-state index contributed by atoms with van der Waals surface area (Å²) in [6.45, 7) is 2.80. The van der Waals surface area contributed by atoms with E-state index in [0.29, 0.717) is 29.0 Å². The molecule has 3 rings (SSSR count). The van der Waals surface area contributed by atoms with E-state index < -0.39 is 0 Å². The maximum Gasteiger partial charge on any atom is 0.138 e. The lowest BCUT2D eigenvalue weighted by molar-refractivity contribution is 0.272. The molecule has 0 amide bonds. The molecule has 0 atom stereocenters. The van der Waals surface area contributed by atoms with Crippen LogP contribution in [0.1, 0.15) is 16.7 Å². The average Bonchev–Trinajstić information content (AvgIpc) is 2.61. The summed E-state index contributed by atoms with van der Waals surface area (Å²) < 4.78 is 11.9. The lowest BCUT2D eigenvalue weighted by atomic mass is 10.1. The van der Waals surface area contributed by atoms with Gasteiger partial charge in [0.1, 0.15) is 24.7 Å². The SMILES string of the molecule is Cc1cccc(COc2ccccc2Cl)c1OCc1ccccc1Cl. The van der Waals surface area contributed by atoms with Gasteiger partial charge in [-0.1, -0.05) is 71.7 Å². The van der Waals surface area contributed by atoms with E-state index >= 15 is 0 Å². The summed E-state index contributed by atoms with van der Waals surface area (Å²) in [5, 5.41) is 1.29. The maximum absolute atomic E-state index is 6.21. The smallest absolute Gasteiger partial charge is 0.138 e. The Morgan fingerprint density at radius 2 is 1.32 bits per heavy atom. The molecule has 0 aliphatic heterocycles. The Morgan fingerprint density at radius 3 is 2.08 bits per heavy atom. The van der Waals surface area contributed by atoms with E-state index in [1.807, 2.05) is 73.7 Å². The first-order chi connectivity index (χ1) is 12.1. The molecule has 3 aromatic carbocycles. The average molecular weight is 373 g/mol. The van der Waals surface area contributed by atoms with E-state index in [4.69, 9.17) is 32.7 Å². The van der Waals surface area contributed by atoms with Crippen LogP contribution in [0.4, 0.5) is 0 Å². The number of benzene rings is 3. The van der Waals surface area contributed by atoms with Crippen molar-refractivity contribution < 1.29 is 9.47 Å². The van der Waals surface area contributed by atoms with Crippen LogP contribution >= 0.6 is 23.2 Å². The van der Waals surface area contributed by atoms with Crippen LogP contribution in [0.25, 0.3) is 0 Å². The predicted octanol–water partition coefficient (Wildman–Crippen LogP) is 6.46. The van der Waals surface area contributed by atoms with Crippen molar-refractivity contribution in [3.05, 3.63) is 93.5 Å². The molecule has 4 heteroatoms. The zero-order valence-corrected chi connectivity index (χ0v) is 15.3. The molecule has 0 aliphatic rings. The Morgan fingerprint density at radius 1 is 0.680 bits per heavy atom. The van der Waals surface area contributed by atoms with E-state index in [9.17, 15) is 0 Å². The van der Waals surface area contributed by atoms with Crippen LogP contribution in [-0.4, -0.2) is 0 Å². The van der Waals surface area contributed by atoms with Gasteiger partial charge in [-0.3, -0.25) is 0 Å². The second-order valence-electron chi connectivity index (χ2n) is 5.66. The van der Waals surface area contributed by atoms with Crippen LogP contribution in [0.5, 0.6) is 11.5 Å². The highest BCUT2D eigenvalue weighted by atomic mass is 35.5. The van der Waals surface area contributed by atoms with Gasteiger partial charge in [0.05, 0.1) is 5.02 Å². The zero-order chi connectivity index (χ0) is 17.6. The van der Waals surface area contributed by atoms with Crippen LogP contribution in [0, 0.1) is 6.92 Å². The fraction of sp³-hybridized carbons (Fsp3) is 0.143. The van der Waals surface area contributed by atoms with Gasteiger partial charge < -0.3 is 9.47 Å². The quantitative estimate of drug-likeness (QED) is 0.494. The van der Waals surface area contributed by atoms with Crippen molar-refractivity contribution in [2.45, 2.75) is 20.1 Å². The summed E-state index contributed by atoms with van der Waals surface area (Å²) in [7, 11) is 0. The van der Waals surface area contributed by atoms with Crippen LogP contribution < -0.4 is 9.47 Å². The van der Waals surface area contributed by atoms with Crippen molar-refractivity contribution >= 4 is 23.2 Å². The molecule has 0 bridgehead atoms. The Kier molecular flexibility index (Phi) is 5.85. The molecule has 2 nitrogen and oxygen atoms in total. The molecule has 0 radical (unpaired) electrons. The second-order valence-corrected chi connectivity index (χ2v) is 6.48.